The quantitative estimate of drug-likeness (QED) is 0.455. The molecule has 1 amide bonds. The van der Waals surface area contributed by atoms with Gasteiger partial charge in [0.25, 0.3) is 0 Å². The van der Waals surface area contributed by atoms with Crippen LogP contribution >= 0.6 is 0 Å². The van der Waals surface area contributed by atoms with Gasteiger partial charge in [0.1, 0.15) is 12.4 Å². The van der Waals surface area contributed by atoms with Gasteiger partial charge in [-0.25, -0.2) is 22.5 Å². The summed E-state index contributed by atoms with van der Waals surface area (Å²) in [7, 11) is -0.637. The number of fused-ring (bicyclic) bond motifs is 1. The zero-order chi connectivity index (χ0) is 24.5. The minimum Gasteiger partial charge on any atom is -0.454 e. The van der Waals surface area contributed by atoms with E-state index in [9.17, 15) is 18.0 Å². The first-order valence-electron chi connectivity index (χ1n) is 11.2. The lowest BCUT2D eigenvalue weighted by Crippen LogP contribution is -2.26. The maximum atomic E-state index is 13.0. The Bertz CT molecular complexity index is 1350. The van der Waals surface area contributed by atoms with Crippen LogP contribution in [0.1, 0.15) is 42.4 Å². The fraction of sp³-hybridized carbons (Fsp3) is 0.375. The van der Waals surface area contributed by atoms with E-state index in [1.807, 2.05) is 11.5 Å². The third-order valence-corrected chi connectivity index (χ3v) is 7.66. The number of anilines is 1. The van der Waals surface area contributed by atoms with Crippen LogP contribution in [0.5, 0.6) is 0 Å². The maximum Gasteiger partial charge on any atom is 0.340 e. The van der Waals surface area contributed by atoms with Gasteiger partial charge in [0.05, 0.1) is 27.2 Å². The van der Waals surface area contributed by atoms with Crippen molar-refractivity contribution >= 4 is 38.6 Å². The number of hydrogen-bond donors (Lipinski definition) is 0. The lowest BCUT2D eigenvalue weighted by Gasteiger charge is -2.19. The molecule has 34 heavy (non-hydrogen) atoms. The first-order chi connectivity index (χ1) is 16.2. The van der Waals surface area contributed by atoms with E-state index in [1.165, 1.54) is 20.2 Å². The molecule has 1 aliphatic heterocycles. The average Bonchev–Trinajstić information content (AvgIpc) is 3.40. The van der Waals surface area contributed by atoms with Crippen molar-refractivity contribution < 1.29 is 22.7 Å². The van der Waals surface area contributed by atoms with E-state index in [0.717, 1.165) is 22.7 Å². The second kappa shape index (κ2) is 9.55. The number of carbonyl (C=O) groups excluding carboxylic acids is 2. The molecule has 10 heteroatoms. The minimum absolute atomic E-state index is 0.00605. The summed E-state index contributed by atoms with van der Waals surface area (Å²) in [5, 5.41) is 0. The highest BCUT2D eigenvalue weighted by atomic mass is 32.2. The number of aromatic nitrogens is 2. The van der Waals surface area contributed by atoms with E-state index >= 15 is 0 Å². The number of hydrogen-bond acceptors (Lipinski definition) is 6. The maximum absolute atomic E-state index is 13.0. The van der Waals surface area contributed by atoms with Gasteiger partial charge in [0.2, 0.25) is 15.9 Å². The van der Waals surface area contributed by atoms with Crippen molar-refractivity contribution in [3.8, 4) is 0 Å². The molecule has 180 valence electrons. The summed E-state index contributed by atoms with van der Waals surface area (Å²) in [4.78, 5) is 31.5. The average molecular weight is 485 g/mol. The molecule has 9 nitrogen and oxygen atoms in total. The van der Waals surface area contributed by atoms with Crippen LogP contribution in [0.25, 0.3) is 11.0 Å². The van der Waals surface area contributed by atoms with Crippen LogP contribution in [0.4, 0.5) is 5.69 Å². The molecule has 1 aromatic heterocycles. The number of imidazole rings is 1. The topological polar surface area (TPSA) is 102 Å². The zero-order valence-corrected chi connectivity index (χ0v) is 20.3. The molecule has 2 heterocycles. The molecule has 2 aromatic carbocycles. The van der Waals surface area contributed by atoms with Crippen molar-refractivity contribution in [3.63, 3.8) is 0 Å². The Morgan fingerprint density at radius 1 is 1.18 bits per heavy atom. The van der Waals surface area contributed by atoms with E-state index < -0.39 is 16.0 Å². The molecule has 4 rings (SSSR count). The Morgan fingerprint density at radius 2 is 1.94 bits per heavy atom. The van der Waals surface area contributed by atoms with Gasteiger partial charge < -0.3 is 14.2 Å². The standard InChI is InChI=1S/C24H28N4O5S/c1-4-13-27-21-12-11-17(34(31,32)26(2)3)15-19(21)25-22(27)16-33-24(30)18-8-5-6-9-20(18)28-14-7-10-23(28)29/h5-6,8-9,11-12,15H,4,7,10,13-14,16H2,1-3H3. The van der Waals surface area contributed by atoms with Gasteiger partial charge in [-0.05, 0) is 43.2 Å². The number of amides is 1. The fourth-order valence-corrected chi connectivity index (χ4v) is 5.03. The monoisotopic (exact) mass is 484 g/mol. The van der Waals surface area contributed by atoms with Gasteiger partial charge in [-0.15, -0.1) is 0 Å². The van der Waals surface area contributed by atoms with Crippen LogP contribution in [0.2, 0.25) is 0 Å². The third-order valence-electron chi connectivity index (χ3n) is 5.85. The van der Waals surface area contributed by atoms with Gasteiger partial charge in [0.15, 0.2) is 0 Å². The number of aryl methyl sites for hydroxylation is 1. The third kappa shape index (κ3) is 4.43. The SMILES string of the molecule is CCCn1c(COC(=O)c2ccccc2N2CCCC2=O)nc2cc(S(=O)(=O)N(C)C)ccc21. The molecule has 1 aliphatic rings. The summed E-state index contributed by atoms with van der Waals surface area (Å²) in [6, 6.07) is 11.8. The highest BCUT2D eigenvalue weighted by molar-refractivity contribution is 7.89. The van der Waals surface area contributed by atoms with Gasteiger partial charge in [-0.1, -0.05) is 19.1 Å². The number of para-hydroxylation sites is 1. The van der Waals surface area contributed by atoms with Crippen molar-refractivity contribution in [2.45, 2.75) is 44.2 Å². The Morgan fingerprint density at radius 3 is 2.62 bits per heavy atom. The van der Waals surface area contributed by atoms with Crippen LogP contribution in [-0.4, -0.2) is 54.8 Å². The Hall–Kier alpha value is -3.24. The first-order valence-corrected chi connectivity index (χ1v) is 12.7. The summed E-state index contributed by atoms with van der Waals surface area (Å²) in [5.74, 6) is -0.0194. The predicted octanol–water partition coefficient (Wildman–Crippen LogP) is 3.18. The molecule has 0 spiro atoms. The van der Waals surface area contributed by atoms with Crippen LogP contribution < -0.4 is 4.90 Å². The molecule has 3 aromatic rings. The van der Waals surface area contributed by atoms with Crippen molar-refractivity contribution in [3.05, 3.63) is 53.9 Å². The van der Waals surface area contributed by atoms with Gasteiger partial charge in [0, 0.05) is 33.6 Å². The fourth-order valence-electron chi connectivity index (χ4n) is 4.11. The minimum atomic E-state index is -3.60. The van der Waals surface area contributed by atoms with Gasteiger partial charge >= 0.3 is 5.97 Å². The number of esters is 1. The molecule has 0 aliphatic carbocycles. The zero-order valence-electron chi connectivity index (χ0n) is 19.5. The number of benzene rings is 2. The summed E-state index contributed by atoms with van der Waals surface area (Å²) < 4.78 is 33.8. The van der Waals surface area contributed by atoms with Crippen LogP contribution in [0.15, 0.2) is 47.4 Å². The van der Waals surface area contributed by atoms with E-state index in [-0.39, 0.29) is 17.4 Å². The summed E-state index contributed by atoms with van der Waals surface area (Å²) in [6.45, 7) is 3.16. The molecule has 1 saturated heterocycles. The van der Waals surface area contributed by atoms with E-state index in [0.29, 0.717) is 42.1 Å². The molecule has 0 bridgehead atoms. The first kappa shape index (κ1) is 23.9. The lowest BCUT2D eigenvalue weighted by atomic mass is 10.1. The van der Waals surface area contributed by atoms with E-state index in [1.54, 1.807) is 41.3 Å². The molecule has 0 radical (unpaired) electrons. The smallest absolute Gasteiger partial charge is 0.340 e. The summed E-state index contributed by atoms with van der Waals surface area (Å²) in [6.07, 6.45) is 2.05. The van der Waals surface area contributed by atoms with Gasteiger partial charge in [-0.3, -0.25) is 4.79 Å². The number of ether oxygens (including phenoxy) is 1. The van der Waals surface area contributed by atoms with Crippen LogP contribution in [0, 0.1) is 0 Å². The molecular weight excluding hydrogens is 456 g/mol. The summed E-state index contributed by atoms with van der Waals surface area (Å²) >= 11 is 0. The molecule has 1 fully saturated rings. The Labute approximate surface area is 199 Å². The molecule has 0 atom stereocenters. The summed E-state index contributed by atoms with van der Waals surface area (Å²) in [5.41, 5.74) is 2.17. The van der Waals surface area contributed by atoms with Crippen molar-refractivity contribution in [2.75, 3.05) is 25.5 Å². The highest BCUT2D eigenvalue weighted by Gasteiger charge is 2.26. The number of rotatable bonds is 8. The molecule has 0 unspecified atom stereocenters. The number of sulfonamides is 1. The second-order valence-electron chi connectivity index (χ2n) is 8.36. The number of nitrogens with zero attached hydrogens (tertiary/aromatic N) is 4. The van der Waals surface area contributed by atoms with E-state index in [4.69, 9.17) is 4.74 Å². The molecular formula is C24H28N4O5S. The Kier molecular flexibility index (Phi) is 6.72. The van der Waals surface area contributed by atoms with Crippen molar-refractivity contribution in [1.82, 2.24) is 13.9 Å². The Balaban J connectivity index is 1.62. The van der Waals surface area contributed by atoms with Crippen LogP contribution in [0.3, 0.4) is 0 Å². The highest BCUT2D eigenvalue weighted by Crippen LogP contribution is 2.27. The van der Waals surface area contributed by atoms with E-state index in [2.05, 4.69) is 4.98 Å². The lowest BCUT2D eigenvalue weighted by molar-refractivity contribution is -0.117. The predicted molar refractivity (Wildman–Crippen MR) is 128 cm³/mol. The molecule has 0 saturated carbocycles. The van der Waals surface area contributed by atoms with Gasteiger partial charge in [-0.2, -0.15) is 0 Å². The van der Waals surface area contributed by atoms with Crippen molar-refractivity contribution in [2.24, 2.45) is 0 Å². The normalized spacial score (nSPS) is 14.4. The van der Waals surface area contributed by atoms with Crippen molar-refractivity contribution in [1.29, 1.82) is 0 Å². The number of carbonyl (C=O) groups is 2. The van der Waals surface area contributed by atoms with Crippen LogP contribution in [-0.2, 0) is 32.7 Å². The second-order valence-corrected chi connectivity index (χ2v) is 10.5. The molecule has 0 N–H and O–H groups in total. The largest absolute Gasteiger partial charge is 0.454 e.